The summed E-state index contributed by atoms with van der Waals surface area (Å²) in [7, 11) is -3.87. The van der Waals surface area contributed by atoms with Crippen molar-refractivity contribution in [2.24, 2.45) is 0 Å². The second-order valence-electron chi connectivity index (χ2n) is 5.60. The van der Waals surface area contributed by atoms with E-state index in [4.69, 9.17) is 4.74 Å². The van der Waals surface area contributed by atoms with E-state index in [1.54, 1.807) is 6.92 Å². The zero-order valence-corrected chi connectivity index (χ0v) is 14.9. The van der Waals surface area contributed by atoms with Crippen LogP contribution >= 0.6 is 0 Å². The molecular formula is C15H21F2N3O4S. The summed E-state index contributed by atoms with van der Waals surface area (Å²) in [5.41, 5.74) is 0.0511. The minimum Gasteiger partial charge on any atom is -0.450 e. The van der Waals surface area contributed by atoms with Crippen LogP contribution in [0.2, 0.25) is 0 Å². The van der Waals surface area contributed by atoms with E-state index in [1.807, 2.05) is 0 Å². The van der Waals surface area contributed by atoms with Crippen LogP contribution in [-0.2, 0) is 14.9 Å². The number of hydrogen-bond acceptors (Lipinski definition) is 4. The molecule has 10 heteroatoms. The maximum atomic E-state index is 13.8. The van der Waals surface area contributed by atoms with Gasteiger partial charge in [-0.1, -0.05) is 6.07 Å². The maximum Gasteiger partial charge on any atom is 0.409 e. The zero-order chi connectivity index (χ0) is 18.6. The molecule has 1 aliphatic heterocycles. The number of rotatable bonds is 5. The Labute approximate surface area is 145 Å². The van der Waals surface area contributed by atoms with Crippen molar-refractivity contribution in [3.63, 3.8) is 0 Å². The molecule has 1 unspecified atom stereocenters. The first-order chi connectivity index (χ1) is 11.7. The molecule has 25 heavy (non-hydrogen) atoms. The molecule has 1 N–H and O–H groups in total. The normalized spacial score (nSPS) is 17.4. The first-order valence-corrected chi connectivity index (χ1v) is 9.32. The number of ether oxygens (including phenoxy) is 1. The van der Waals surface area contributed by atoms with Crippen LogP contribution in [0.5, 0.6) is 0 Å². The second kappa shape index (κ2) is 8.07. The van der Waals surface area contributed by atoms with Gasteiger partial charge < -0.3 is 9.64 Å². The number of carbonyl (C=O) groups is 1. The number of hydrogen-bond donors (Lipinski definition) is 1. The standard InChI is InChI=1S/C15H21F2N3O4S/c1-3-24-15(21)19-6-8-20(9-7-19)25(22,23)18-11(2)13-5-4-12(16)10-14(13)17/h4-5,10-11,18H,3,6-9H2,1-2H3. The number of nitrogens with one attached hydrogen (secondary N) is 1. The van der Waals surface area contributed by atoms with Crippen molar-refractivity contribution in [3.8, 4) is 0 Å². The molecule has 0 saturated carbocycles. The van der Waals surface area contributed by atoms with E-state index in [9.17, 15) is 22.0 Å². The molecule has 1 aliphatic rings. The van der Waals surface area contributed by atoms with Crippen molar-refractivity contribution >= 4 is 16.3 Å². The first-order valence-electron chi connectivity index (χ1n) is 7.88. The van der Waals surface area contributed by atoms with Crippen LogP contribution in [0.4, 0.5) is 13.6 Å². The average Bonchev–Trinajstić information content (AvgIpc) is 2.54. The summed E-state index contributed by atoms with van der Waals surface area (Å²) in [6, 6.07) is 2.12. The van der Waals surface area contributed by atoms with Gasteiger partial charge in [0.05, 0.1) is 6.61 Å². The van der Waals surface area contributed by atoms with Crippen molar-refractivity contribution in [2.75, 3.05) is 32.8 Å². The molecule has 0 spiro atoms. The lowest BCUT2D eigenvalue weighted by molar-refractivity contribution is 0.0931. The van der Waals surface area contributed by atoms with E-state index in [1.165, 1.54) is 22.2 Å². The van der Waals surface area contributed by atoms with Gasteiger partial charge in [0.15, 0.2) is 0 Å². The highest BCUT2D eigenvalue weighted by atomic mass is 32.2. The summed E-state index contributed by atoms with van der Waals surface area (Å²) in [5, 5.41) is 0. The molecule has 1 amide bonds. The van der Waals surface area contributed by atoms with Gasteiger partial charge in [0.25, 0.3) is 10.2 Å². The number of nitrogens with zero attached hydrogens (tertiary/aromatic N) is 2. The molecule has 140 valence electrons. The molecule has 0 aromatic heterocycles. The van der Waals surface area contributed by atoms with Crippen molar-refractivity contribution in [1.29, 1.82) is 0 Å². The fourth-order valence-corrected chi connectivity index (χ4v) is 3.91. The van der Waals surface area contributed by atoms with Crippen LogP contribution in [0.3, 0.4) is 0 Å². The molecular weight excluding hydrogens is 356 g/mol. The molecule has 1 aromatic rings. The summed E-state index contributed by atoms with van der Waals surface area (Å²) in [6.07, 6.45) is -0.478. The third-order valence-corrected chi connectivity index (χ3v) is 5.56. The van der Waals surface area contributed by atoms with Gasteiger partial charge in [-0.2, -0.15) is 17.4 Å². The predicted octanol–water partition coefficient (Wildman–Crippen LogP) is 1.63. The lowest BCUT2D eigenvalue weighted by Gasteiger charge is -2.33. The molecule has 0 aliphatic carbocycles. The van der Waals surface area contributed by atoms with Crippen LogP contribution in [0.25, 0.3) is 0 Å². The number of amides is 1. The summed E-state index contributed by atoms with van der Waals surface area (Å²) in [4.78, 5) is 13.1. The van der Waals surface area contributed by atoms with Gasteiger partial charge in [-0.15, -0.1) is 0 Å². The van der Waals surface area contributed by atoms with Crippen molar-refractivity contribution in [3.05, 3.63) is 35.4 Å². The van der Waals surface area contributed by atoms with Crippen LogP contribution in [0.15, 0.2) is 18.2 Å². The predicted molar refractivity (Wildman–Crippen MR) is 87.0 cm³/mol. The Kier molecular flexibility index (Phi) is 6.31. The molecule has 1 atom stereocenters. The SMILES string of the molecule is CCOC(=O)N1CCN(S(=O)(=O)NC(C)c2ccc(F)cc2F)CC1. The van der Waals surface area contributed by atoms with Gasteiger partial charge in [0, 0.05) is 43.9 Å². The maximum absolute atomic E-state index is 13.8. The number of piperazine rings is 1. The lowest BCUT2D eigenvalue weighted by Crippen LogP contribution is -2.53. The molecule has 1 saturated heterocycles. The Balaban J connectivity index is 1.99. The molecule has 1 heterocycles. The third-order valence-electron chi connectivity index (χ3n) is 3.86. The highest BCUT2D eigenvalue weighted by molar-refractivity contribution is 7.87. The largest absolute Gasteiger partial charge is 0.450 e. The minimum atomic E-state index is -3.87. The molecule has 1 aromatic carbocycles. The van der Waals surface area contributed by atoms with E-state index in [2.05, 4.69) is 4.72 Å². The lowest BCUT2D eigenvalue weighted by atomic mass is 10.1. The molecule has 0 radical (unpaired) electrons. The molecule has 2 rings (SSSR count). The Morgan fingerprint density at radius 1 is 1.28 bits per heavy atom. The van der Waals surface area contributed by atoms with Gasteiger partial charge in [0.1, 0.15) is 11.6 Å². The summed E-state index contributed by atoms with van der Waals surface area (Å²) < 4.78 is 60.1. The Bertz CT molecular complexity index is 721. The van der Waals surface area contributed by atoms with Crippen LogP contribution in [0, 0.1) is 11.6 Å². The van der Waals surface area contributed by atoms with Crippen LogP contribution in [0.1, 0.15) is 25.5 Å². The zero-order valence-electron chi connectivity index (χ0n) is 14.0. The Hall–Kier alpha value is -1.78. The van der Waals surface area contributed by atoms with Crippen LogP contribution < -0.4 is 4.72 Å². The van der Waals surface area contributed by atoms with E-state index >= 15 is 0 Å². The first kappa shape index (κ1) is 19.5. The van der Waals surface area contributed by atoms with Gasteiger partial charge in [-0.25, -0.2) is 13.6 Å². The van der Waals surface area contributed by atoms with Gasteiger partial charge >= 0.3 is 6.09 Å². The molecule has 1 fully saturated rings. The molecule has 0 bridgehead atoms. The topological polar surface area (TPSA) is 79.0 Å². The quantitative estimate of drug-likeness (QED) is 0.846. The minimum absolute atomic E-state index is 0.0511. The monoisotopic (exact) mass is 377 g/mol. The highest BCUT2D eigenvalue weighted by Gasteiger charge is 2.30. The highest BCUT2D eigenvalue weighted by Crippen LogP contribution is 2.19. The summed E-state index contributed by atoms with van der Waals surface area (Å²) >= 11 is 0. The summed E-state index contributed by atoms with van der Waals surface area (Å²) in [5.74, 6) is -1.55. The number of benzene rings is 1. The third kappa shape index (κ3) is 4.86. The van der Waals surface area contributed by atoms with Crippen molar-refractivity contribution in [2.45, 2.75) is 19.9 Å². The number of carbonyl (C=O) groups excluding carboxylic acids is 1. The summed E-state index contributed by atoms with van der Waals surface area (Å²) in [6.45, 7) is 4.04. The van der Waals surface area contributed by atoms with E-state index in [0.717, 1.165) is 6.07 Å². The number of halogens is 2. The van der Waals surface area contributed by atoms with E-state index in [-0.39, 0.29) is 38.3 Å². The van der Waals surface area contributed by atoms with Gasteiger partial charge in [0.2, 0.25) is 0 Å². The average molecular weight is 377 g/mol. The Morgan fingerprint density at radius 2 is 1.92 bits per heavy atom. The fourth-order valence-electron chi connectivity index (χ4n) is 2.54. The van der Waals surface area contributed by atoms with Crippen LogP contribution in [-0.4, -0.2) is 56.5 Å². The van der Waals surface area contributed by atoms with E-state index < -0.39 is 34.0 Å². The van der Waals surface area contributed by atoms with Crippen molar-refractivity contribution in [1.82, 2.24) is 13.9 Å². The van der Waals surface area contributed by atoms with Gasteiger partial charge in [-0.05, 0) is 19.9 Å². The van der Waals surface area contributed by atoms with Gasteiger partial charge in [-0.3, -0.25) is 0 Å². The Morgan fingerprint density at radius 3 is 2.48 bits per heavy atom. The van der Waals surface area contributed by atoms with E-state index in [0.29, 0.717) is 6.07 Å². The fraction of sp³-hybridized carbons (Fsp3) is 0.533. The smallest absolute Gasteiger partial charge is 0.409 e. The molecule has 7 nitrogen and oxygen atoms in total. The van der Waals surface area contributed by atoms with Crippen molar-refractivity contribution < 1.29 is 26.7 Å². The second-order valence-corrected chi connectivity index (χ2v) is 7.30.